The van der Waals surface area contributed by atoms with E-state index < -0.39 is 32.0 Å². The van der Waals surface area contributed by atoms with Crippen molar-refractivity contribution in [3.8, 4) is 23.6 Å². The van der Waals surface area contributed by atoms with E-state index in [1.54, 1.807) is 0 Å². The van der Waals surface area contributed by atoms with E-state index in [0.29, 0.717) is 0 Å². The molecule has 0 saturated carbocycles. The number of aromatic hydroxyl groups is 2. The summed E-state index contributed by atoms with van der Waals surface area (Å²) in [7, 11) is -3.98. The van der Waals surface area contributed by atoms with Crippen LogP contribution in [0, 0.1) is 22.7 Å². The summed E-state index contributed by atoms with van der Waals surface area (Å²) in [6, 6.07) is 5.38. The van der Waals surface area contributed by atoms with Gasteiger partial charge in [0.25, 0.3) is 0 Å². The second kappa shape index (κ2) is 5.74. The molecule has 19 heavy (non-hydrogen) atoms. The molecular formula is C11H7BrN2O4S. The van der Waals surface area contributed by atoms with Crippen molar-refractivity contribution < 1.29 is 18.6 Å². The molecule has 0 aliphatic rings. The molecular weight excluding hydrogens is 336 g/mol. The van der Waals surface area contributed by atoms with E-state index in [2.05, 4.69) is 15.9 Å². The zero-order valence-electron chi connectivity index (χ0n) is 9.33. The molecule has 6 nitrogen and oxygen atoms in total. The van der Waals surface area contributed by atoms with Crippen LogP contribution in [0.3, 0.4) is 0 Å². The number of sulfone groups is 1. The molecule has 0 aliphatic carbocycles. The van der Waals surface area contributed by atoms with Crippen molar-refractivity contribution in [1.82, 2.24) is 0 Å². The van der Waals surface area contributed by atoms with Crippen LogP contribution in [0.5, 0.6) is 11.5 Å². The Bertz CT molecular complexity index is 703. The molecule has 1 aromatic rings. The summed E-state index contributed by atoms with van der Waals surface area (Å²) in [4.78, 5) is -0.592. The van der Waals surface area contributed by atoms with E-state index in [-0.39, 0.29) is 10.0 Å². The van der Waals surface area contributed by atoms with Gasteiger partial charge in [-0.2, -0.15) is 10.5 Å². The molecule has 98 valence electrons. The number of nitrogens with zero attached hydrogens (tertiary/aromatic N) is 2. The smallest absolute Gasteiger partial charge is 0.201 e. The highest BCUT2D eigenvalue weighted by molar-refractivity contribution is 9.10. The Morgan fingerprint density at radius 2 is 2.00 bits per heavy atom. The first-order chi connectivity index (χ1) is 8.81. The van der Waals surface area contributed by atoms with Crippen LogP contribution in [0.2, 0.25) is 0 Å². The molecule has 0 heterocycles. The number of phenols is 2. The Balaban J connectivity index is 3.37. The van der Waals surface area contributed by atoms with Gasteiger partial charge in [-0.1, -0.05) is 0 Å². The summed E-state index contributed by atoms with van der Waals surface area (Å²) in [6.07, 6.45) is 1.01. The fourth-order valence-corrected chi connectivity index (χ4v) is 2.44. The molecule has 1 rings (SSSR count). The average molecular weight is 343 g/mol. The summed E-state index contributed by atoms with van der Waals surface area (Å²) < 4.78 is 23.3. The first-order valence-corrected chi connectivity index (χ1v) is 7.19. The first kappa shape index (κ1) is 15.0. The third-order valence-electron chi connectivity index (χ3n) is 2.06. The van der Waals surface area contributed by atoms with Crippen LogP contribution in [0.25, 0.3) is 6.08 Å². The summed E-state index contributed by atoms with van der Waals surface area (Å²) in [6.45, 7) is 0. The summed E-state index contributed by atoms with van der Waals surface area (Å²) in [5, 5.41) is 35.9. The number of halogens is 1. The van der Waals surface area contributed by atoms with Crippen LogP contribution < -0.4 is 0 Å². The second-order valence-corrected chi connectivity index (χ2v) is 6.22. The highest BCUT2D eigenvalue weighted by atomic mass is 79.9. The molecule has 0 aliphatic heterocycles. The van der Waals surface area contributed by atoms with Gasteiger partial charge < -0.3 is 10.2 Å². The maximum absolute atomic E-state index is 11.6. The minimum Gasteiger partial charge on any atom is -0.504 e. The third kappa shape index (κ3) is 3.47. The van der Waals surface area contributed by atoms with Crippen molar-refractivity contribution >= 4 is 31.8 Å². The quantitative estimate of drug-likeness (QED) is 0.636. The van der Waals surface area contributed by atoms with Crippen molar-refractivity contribution in [3.05, 3.63) is 27.1 Å². The van der Waals surface area contributed by atoms with Crippen LogP contribution in [0.4, 0.5) is 0 Å². The van der Waals surface area contributed by atoms with Gasteiger partial charge in [0, 0.05) is 0 Å². The van der Waals surface area contributed by atoms with Crippen LogP contribution in [0.15, 0.2) is 21.5 Å². The lowest BCUT2D eigenvalue weighted by atomic mass is 10.2. The van der Waals surface area contributed by atoms with Crippen molar-refractivity contribution in [2.45, 2.75) is 0 Å². The van der Waals surface area contributed by atoms with Gasteiger partial charge in [0.15, 0.2) is 11.5 Å². The summed E-state index contributed by atoms with van der Waals surface area (Å²) in [5.41, 5.74) is 0.195. The number of allylic oxidation sites excluding steroid dienone is 1. The fraction of sp³-hybridized carbons (Fsp3) is 0.0909. The maximum Gasteiger partial charge on any atom is 0.201 e. The molecule has 0 unspecified atom stereocenters. The zero-order valence-corrected chi connectivity index (χ0v) is 11.7. The van der Waals surface area contributed by atoms with E-state index in [1.807, 2.05) is 0 Å². The van der Waals surface area contributed by atoms with E-state index in [1.165, 1.54) is 18.2 Å². The van der Waals surface area contributed by atoms with Crippen molar-refractivity contribution in [1.29, 1.82) is 10.5 Å². The normalized spacial score (nSPS) is 11.6. The Hall–Kier alpha value is -2.03. The van der Waals surface area contributed by atoms with Gasteiger partial charge in [0.05, 0.1) is 10.5 Å². The lowest BCUT2D eigenvalue weighted by Crippen LogP contribution is -2.06. The van der Waals surface area contributed by atoms with E-state index in [9.17, 15) is 18.6 Å². The molecule has 0 spiro atoms. The molecule has 1 aromatic carbocycles. The standard InChI is InChI=1S/C11H7BrN2O4S/c12-9-4-7(5-10(15)11(9)16)3-8(6-14)19(17,18)2-1-13/h3-5,15-16H,2H2/b8-3+. The molecule has 0 amide bonds. The van der Waals surface area contributed by atoms with Crippen LogP contribution in [-0.2, 0) is 9.84 Å². The number of nitriles is 2. The molecule has 0 bridgehead atoms. The molecule has 8 heteroatoms. The molecule has 2 N–H and O–H groups in total. The number of hydrogen-bond donors (Lipinski definition) is 2. The minimum atomic E-state index is -3.98. The molecule has 0 atom stereocenters. The Labute approximate surface area is 117 Å². The van der Waals surface area contributed by atoms with E-state index >= 15 is 0 Å². The number of benzene rings is 1. The Kier molecular flexibility index (Phi) is 4.54. The SMILES string of the molecule is N#CCS(=O)(=O)/C(C#N)=C/c1cc(O)c(O)c(Br)c1. The Morgan fingerprint density at radius 1 is 1.37 bits per heavy atom. The highest BCUT2D eigenvalue weighted by Crippen LogP contribution is 2.35. The van der Waals surface area contributed by atoms with Crippen molar-refractivity contribution in [2.24, 2.45) is 0 Å². The molecule has 0 saturated heterocycles. The van der Waals surface area contributed by atoms with Gasteiger partial charge in [-0.25, -0.2) is 8.42 Å². The van der Waals surface area contributed by atoms with Crippen LogP contribution in [-0.4, -0.2) is 24.4 Å². The number of rotatable bonds is 3. The van der Waals surface area contributed by atoms with Crippen LogP contribution >= 0.6 is 15.9 Å². The highest BCUT2D eigenvalue weighted by Gasteiger charge is 2.17. The largest absolute Gasteiger partial charge is 0.504 e. The monoisotopic (exact) mass is 342 g/mol. The lowest BCUT2D eigenvalue weighted by Gasteiger charge is -2.03. The Morgan fingerprint density at radius 3 is 2.47 bits per heavy atom. The average Bonchev–Trinajstić information content (AvgIpc) is 2.32. The predicted molar refractivity (Wildman–Crippen MR) is 70.5 cm³/mol. The summed E-state index contributed by atoms with van der Waals surface area (Å²) in [5.74, 6) is -1.66. The fourth-order valence-electron chi connectivity index (χ4n) is 1.19. The van der Waals surface area contributed by atoms with Gasteiger partial charge in [-0.05, 0) is 39.7 Å². The summed E-state index contributed by atoms with van der Waals surface area (Å²) >= 11 is 2.97. The van der Waals surface area contributed by atoms with Gasteiger partial charge in [0.1, 0.15) is 16.7 Å². The zero-order chi connectivity index (χ0) is 14.6. The van der Waals surface area contributed by atoms with Gasteiger partial charge in [-0.3, -0.25) is 0 Å². The molecule has 0 fully saturated rings. The molecule has 0 aromatic heterocycles. The topological polar surface area (TPSA) is 122 Å². The second-order valence-electron chi connectivity index (χ2n) is 3.41. The van der Waals surface area contributed by atoms with Crippen LogP contribution in [0.1, 0.15) is 5.56 Å². The number of phenolic OH excluding ortho intramolecular Hbond substituents is 2. The van der Waals surface area contributed by atoms with Crippen molar-refractivity contribution in [2.75, 3.05) is 5.75 Å². The maximum atomic E-state index is 11.6. The minimum absolute atomic E-state index is 0.147. The number of hydrogen-bond acceptors (Lipinski definition) is 6. The van der Waals surface area contributed by atoms with Gasteiger partial charge in [-0.15, -0.1) is 0 Å². The lowest BCUT2D eigenvalue weighted by molar-refractivity contribution is 0.401. The van der Waals surface area contributed by atoms with Gasteiger partial charge >= 0.3 is 0 Å². The molecule has 0 radical (unpaired) electrons. The third-order valence-corrected chi connectivity index (χ3v) is 4.06. The van der Waals surface area contributed by atoms with Crippen molar-refractivity contribution in [3.63, 3.8) is 0 Å². The van der Waals surface area contributed by atoms with E-state index in [0.717, 1.165) is 12.1 Å². The van der Waals surface area contributed by atoms with E-state index in [4.69, 9.17) is 10.5 Å². The first-order valence-electron chi connectivity index (χ1n) is 4.75. The van der Waals surface area contributed by atoms with Gasteiger partial charge in [0.2, 0.25) is 9.84 Å². The predicted octanol–water partition coefficient (Wildman–Crippen LogP) is 1.66.